The predicted octanol–water partition coefficient (Wildman–Crippen LogP) is 0.581. The monoisotopic (exact) mass is 257 g/mol. The van der Waals surface area contributed by atoms with Gasteiger partial charge in [0.05, 0.1) is 6.54 Å². The third-order valence-electron chi connectivity index (χ3n) is 1.78. The molecule has 0 bridgehead atoms. The minimum absolute atomic E-state index is 0.0285. The summed E-state index contributed by atoms with van der Waals surface area (Å²) in [5, 5.41) is 14.0. The summed E-state index contributed by atoms with van der Waals surface area (Å²) >= 11 is 5.69. The van der Waals surface area contributed by atoms with Gasteiger partial charge in [-0.3, -0.25) is 4.79 Å². The molecular formula is C10H12ClN3O3. The van der Waals surface area contributed by atoms with Crippen LogP contribution in [0.4, 0.5) is 0 Å². The minimum atomic E-state index is -0.369. The quantitative estimate of drug-likeness (QED) is 0.311. The maximum Gasteiger partial charge on any atom is 0.258 e. The molecular weight excluding hydrogens is 246 g/mol. The topological polar surface area (TPSA) is 96.9 Å². The zero-order valence-corrected chi connectivity index (χ0v) is 9.65. The minimum Gasteiger partial charge on any atom is -0.484 e. The number of rotatable bonds is 5. The maximum atomic E-state index is 11.2. The molecule has 0 aliphatic heterocycles. The molecule has 0 unspecified atom stereocenters. The van der Waals surface area contributed by atoms with Crippen molar-refractivity contribution in [2.24, 2.45) is 10.9 Å². The second kappa shape index (κ2) is 6.59. The van der Waals surface area contributed by atoms with Crippen LogP contribution in [0.25, 0.3) is 0 Å². The van der Waals surface area contributed by atoms with Gasteiger partial charge in [0.1, 0.15) is 5.75 Å². The Morgan fingerprint density at radius 2 is 2.12 bits per heavy atom. The van der Waals surface area contributed by atoms with Crippen LogP contribution < -0.4 is 15.8 Å². The lowest BCUT2D eigenvalue weighted by molar-refractivity contribution is -0.122. The third-order valence-corrected chi connectivity index (χ3v) is 2.03. The van der Waals surface area contributed by atoms with Gasteiger partial charge in [0.2, 0.25) is 0 Å². The smallest absolute Gasteiger partial charge is 0.258 e. The van der Waals surface area contributed by atoms with E-state index < -0.39 is 0 Å². The zero-order valence-electron chi connectivity index (χ0n) is 8.89. The van der Waals surface area contributed by atoms with Crippen LogP contribution in [0.15, 0.2) is 29.4 Å². The molecule has 0 spiro atoms. The average molecular weight is 258 g/mol. The Morgan fingerprint density at radius 1 is 1.47 bits per heavy atom. The van der Waals surface area contributed by atoms with Crippen LogP contribution >= 0.6 is 11.6 Å². The van der Waals surface area contributed by atoms with Crippen LogP contribution in [0.1, 0.15) is 0 Å². The number of amidine groups is 1. The SMILES string of the molecule is N/C(CNC(=O)COc1ccc(Cl)cc1)=N/O. The van der Waals surface area contributed by atoms with Gasteiger partial charge in [0, 0.05) is 5.02 Å². The van der Waals surface area contributed by atoms with Crippen LogP contribution in [0, 0.1) is 0 Å². The summed E-state index contributed by atoms with van der Waals surface area (Å²) in [6.07, 6.45) is 0. The number of halogens is 1. The van der Waals surface area contributed by atoms with Gasteiger partial charge in [-0.05, 0) is 24.3 Å². The van der Waals surface area contributed by atoms with Crippen molar-refractivity contribution in [3.05, 3.63) is 29.3 Å². The van der Waals surface area contributed by atoms with Gasteiger partial charge in [-0.15, -0.1) is 0 Å². The van der Waals surface area contributed by atoms with Crippen molar-refractivity contribution in [3.63, 3.8) is 0 Å². The van der Waals surface area contributed by atoms with E-state index in [2.05, 4.69) is 10.5 Å². The number of nitrogens with two attached hydrogens (primary N) is 1. The molecule has 0 saturated carbocycles. The molecule has 1 amide bonds. The summed E-state index contributed by atoms with van der Waals surface area (Å²) in [5.74, 6) is 0.0877. The van der Waals surface area contributed by atoms with E-state index in [1.54, 1.807) is 24.3 Å². The second-order valence-electron chi connectivity index (χ2n) is 3.11. The van der Waals surface area contributed by atoms with Crippen molar-refractivity contribution in [2.45, 2.75) is 0 Å². The Hall–Kier alpha value is -1.95. The number of nitrogens with zero attached hydrogens (tertiary/aromatic N) is 1. The van der Waals surface area contributed by atoms with E-state index in [1.165, 1.54) is 0 Å². The molecule has 0 radical (unpaired) electrons. The van der Waals surface area contributed by atoms with Gasteiger partial charge < -0.3 is 21.0 Å². The number of hydrogen-bond acceptors (Lipinski definition) is 4. The number of carbonyl (C=O) groups excluding carboxylic acids is 1. The van der Waals surface area contributed by atoms with Crippen molar-refractivity contribution >= 4 is 23.3 Å². The first-order chi connectivity index (χ1) is 8.11. The summed E-state index contributed by atoms with van der Waals surface area (Å²) in [5.41, 5.74) is 5.17. The Morgan fingerprint density at radius 3 is 2.71 bits per heavy atom. The number of ether oxygens (including phenoxy) is 1. The van der Waals surface area contributed by atoms with Gasteiger partial charge in [-0.2, -0.15) is 0 Å². The van der Waals surface area contributed by atoms with Crippen LogP contribution in [0.2, 0.25) is 5.02 Å². The number of carbonyl (C=O) groups is 1. The summed E-state index contributed by atoms with van der Waals surface area (Å²) in [7, 11) is 0. The highest BCUT2D eigenvalue weighted by Crippen LogP contribution is 2.15. The van der Waals surface area contributed by atoms with E-state index >= 15 is 0 Å². The van der Waals surface area contributed by atoms with Crippen molar-refractivity contribution < 1.29 is 14.7 Å². The molecule has 0 atom stereocenters. The van der Waals surface area contributed by atoms with Crippen LogP contribution in [-0.2, 0) is 4.79 Å². The Labute approximate surface area is 103 Å². The standard InChI is InChI=1S/C10H12ClN3O3/c11-7-1-3-8(4-2-7)17-6-10(15)13-5-9(12)14-16/h1-4,16H,5-6H2,(H2,12,14)(H,13,15). The highest BCUT2D eigenvalue weighted by atomic mass is 35.5. The predicted molar refractivity (Wildman–Crippen MR) is 63.4 cm³/mol. The van der Waals surface area contributed by atoms with Gasteiger partial charge in [0.15, 0.2) is 12.4 Å². The first-order valence-corrected chi connectivity index (χ1v) is 5.11. The molecule has 1 aromatic rings. The van der Waals surface area contributed by atoms with Gasteiger partial charge in [-0.1, -0.05) is 16.8 Å². The first-order valence-electron chi connectivity index (χ1n) is 4.73. The molecule has 0 fully saturated rings. The van der Waals surface area contributed by atoms with Crippen molar-refractivity contribution in [2.75, 3.05) is 13.2 Å². The Bertz CT molecular complexity index is 406. The van der Waals surface area contributed by atoms with Gasteiger partial charge in [0.25, 0.3) is 5.91 Å². The van der Waals surface area contributed by atoms with Crippen LogP contribution in [0.5, 0.6) is 5.75 Å². The van der Waals surface area contributed by atoms with E-state index in [4.69, 9.17) is 27.3 Å². The highest BCUT2D eigenvalue weighted by molar-refractivity contribution is 6.30. The van der Waals surface area contributed by atoms with Crippen LogP contribution in [-0.4, -0.2) is 30.1 Å². The number of amides is 1. The molecule has 1 aromatic carbocycles. The molecule has 6 nitrogen and oxygen atoms in total. The first kappa shape index (κ1) is 13.1. The normalized spacial score (nSPS) is 11.0. The molecule has 0 aromatic heterocycles. The number of oxime groups is 1. The molecule has 7 heteroatoms. The molecule has 0 saturated heterocycles. The molecule has 0 heterocycles. The van der Waals surface area contributed by atoms with E-state index in [-0.39, 0.29) is 24.9 Å². The maximum absolute atomic E-state index is 11.2. The summed E-state index contributed by atoms with van der Waals surface area (Å²) < 4.78 is 5.17. The van der Waals surface area contributed by atoms with Crippen molar-refractivity contribution in [3.8, 4) is 5.75 Å². The third kappa shape index (κ3) is 5.07. The van der Waals surface area contributed by atoms with Crippen LogP contribution in [0.3, 0.4) is 0 Å². The van der Waals surface area contributed by atoms with E-state index in [9.17, 15) is 4.79 Å². The fourth-order valence-corrected chi connectivity index (χ4v) is 1.08. The van der Waals surface area contributed by atoms with Crippen molar-refractivity contribution in [1.82, 2.24) is 5.32 Å². The molecule has 4 N–H and O–H groups in total. The fraction of sp³-hybridized carbons (Fsp3) is 0.200. The van der Waals surface area contributed by atoms with E-state index in [1.807, 2.05) is 0 Å². The molecule has 0 aliphatic carbocycles. The second-order valence-corrected chi connectivity index (χ2v) is 3.55. The van der Waals surface area contributed by atoms with Gasteiger partial charge in [-0.25, -0.2) is 0 Å². The summed E-state index contributed by atoms with van der Waals surface area (Å²) in [6, 6.07) is 6.62. The largest absolute Gasteiger partial charge is 0.484 e. The molecule has 17 heavy (non-hydrogen) atoms. The lowest BCUT2D eigenvalue weighted by Gasteiger charge is -2.06. The summed E-state index contributed by atoms with van der Waals surface area (Å²) in [6.45, 7) is -0.181. The molecule has 0 aliphatic rings. The average Bonchev–Trinajstić information content (AvgIpc) is 2.35. The zero-order chi connectivity index (χ0) is 12.7. The fourth-order valence-electron chi connectivity index (χ4n) is 0.955. The molecule has 1 rings (SSSR count). The number of hydrogen-bond donors (Lipinski definition) is 3. The molecule has 92 valence electrons. The van der Waals surface area contributed by atoms with E-state index in [0.29, 0.717) is 10.8 Å². The lowest BCUT2D eigenvalue weighted by Crippen LogP contribution is -2.36. The Balaban J connectivity index is 2.31. The lowest BCUT2D eigenvalue weighted by atomic mass is 10.3. The van der Waals surface area contributed by atoms with E-state index in [0.717, 1.165) is 0 Å². The number of nitrogens with one attached hydrogen (secondary N) is 1. The van der Waals surface area contributed by atoms with Crippen molar-refractivity contribution in [1.29, 1.82) is 0 Å². The summed E-state index contributed by atoms with van der Waals surface area (Å²) in [4.78, 5) is 11.2. The highest BCUT2D eigenvalue weighted by Gasteiger charge is 2.03. The Kier molecular flexibility index (Phi) is 5.09. The number of benzene rings is 1. The van der Waals surface area contributed by atoms with Gasteiger partial charge >= 0.3 is 0 Å².